The molecular weight excluding hydrogens is 324 g/mol. The van der Waals surface area contributed by atoms with Crippen LogP contribution in [0.4, 0.5) is 5.13 Å². The number of aryl methyl sites for hydroxylation is 1. The van der Waals surface area contributed by atoms with E-state index in [1.807, 2.05) is 24.3 Å². The molecule has 2 aromatic heterocycles. The molecule has 1 amide bonds. The molecule has 3 aromatic rings. The highest BCUT2D eigenvalue weighted by Gasteiger charge is 2.13. The molecule has 0 fully saturated rings. The Bertz CT molecular complexity index is 827. The zero-order chi connectivity index (χ0) is 16.9. The van der Waals surface area contributed by atoms with E-state index >= 15 is 0 Å². The third kappa shape index (κ3) is 3.76. The number of fused-ring (bicyclic) bond motifs is 1. The van der Waals surface area contributed by atoms with Gasteiger partial charge in [-0.15, -0.1) is 15.3 Å². The first kappa shape index (κ1) is 16.5. The first-order chi connectivity index (χ1) is 11.7. The van der Waals surface area contributed by atoms with Gasteiger partial charge in [0.05, 0.1) is 12.1 Å². The van der Waals surface area contributed by atoms with E-state index in [0.29, 0.717) is 24.0 Å². The molecule has 0 saturated heterocycles. The first-order valence-corrected chi connectivity index (χ1v) is 8.90. The molecule has 0 saturated carbocycles. The quantitative estimate of drug-likeness (QED) is 0.711. The number of anilines is 1. The van der Waals surface area contributed by atoms with Crippen molar-refractivity contribution >= 4 is 33.4 Å². The van der Waals surface area contributed by atoms with Crippen molar-refractivity contribution in [2.45, 2.75) is 45.6 Å². The van der Waals surface area contributed by atoms with Crippen molar-refractivity contribution in [3.05, 3.63) is 29.3 Å². The van der Waals surface area contributed by atoms with E-state index in [9.17, 15) is 4.79 Å². The number of hydrogen-bond donors (Lipinski definition) is 1. The highest BCUT2D eigenvalue weighted by molar-refractivity contribution is 7.15. The predicted octanol–water partition coefficient (Wildman–Crippen LogP) is 3.22. The second-order valence-corrected chi connectivity index (χ2v) is 6.74. The van der Waals surface area contributed by atoms with Crippen molar-refractivity contribution in [3.63, 3.8) is 0 Å². The van der Waals surface area contributed by atoms with Crippen LogP contribution in [0.25, 0.3) is 11.0 Å². The molecule has 8 heteroatoms. The molecule has 1 N–H and O–H groups in total. The Kier molecular flexibility index (Phi) is 5.14. The number of benzene rings is 1. The summed E-state index contributed by atoms with van der Waals surface area (Å²) in [4.78, 5) is 12.1. The van der Waals surface area contributed by atoms with Crippen LogP contribution in [0, 0.1) is 0 Å². The van der Waals surface area contributed by atoms with E-state index in [2.05, 4.69) is 39.7 Å². The zero-order valence-corrected chi connectivity index (χ0v) is 14.6. The normalized spacial score (nSPS) is 12.4. The van der Waals surface area contributed by atoms with Crippen LogP contribution in [-0.2, 0) is 11.3 Å². The molecule has 7 nitrogen and oxygen atoms in total. The van der Waals surface area contributed by atoms with Crippen molar-refractivity contribution in [3.8, 4) is 0 Å². The molecule has 0 unspecified atom stereocenters. The fourth-order valence-corrected chi connectivity index (χ4v) is 3.36. The highest BCUT2D eigenvalue weighted by atomic mass is 32.1. The molecular formula is C16H20N6OS. The number of rotatable bonds is 7. The minimum Gasteiger partial charge on any atom is -0.300 e. The van der Waals surface area contributed by atoms with Gasteiger partial charge in [0, 0.05) is 12.3 Å². The Labute approximate surface area is 144 Å². The molecule has 3 rings (SSSR count). The minimum atomic E-state index is -0.0968. The third-order valence-electron chi connectivity index (χ3n) is 3.80. The molecule has 0 radical (unpaired) electrons. The Balaban J connectivity index is 1.56. The largest absolute Gasteiger partial charge is 0.300 e. The van der Waals surface area contributed by atoms with E-state index in [4.69, 9.17) is 0 Å². The van der Waals surface area contributed by atoms with Crippen LogP contribution in [0.1, 0.15) is 44.0 Å². The van der Waals surface area contributed by atoms with Gasteiger partial charge in [0.15, 0.2) is 0 Å². The lowest BCUT2D eigenvalue weighted by atomic mass is 10.1. The zero-order valence-electron chi connectivity index (χ0n) is 13.8. The van der Waals surface area contributed by atoms with Crippen LogP contribution >= 0.6 is 11.3 Å². The van der Waals surface area contributed by atoms with Gasteiger partial charge < -0.3 is 5.32 Å². The minimum absolute atomic E-state index is 0.0968. The second-order valence-electron chi connectivity index (χ2n) is 5.73. The SMILES string of the molecule is CCC[C@H](C)c1nnc(NC(=O)CCn2nnc3ccccc32)s1. The summed E-state index contributed by atoms with van der Waals surface area (Å²) in [7, 11) is 0. The monoisotopic (exact) mass is 344 g/mol. The number of hydrogen-bond acceptors (Lipinski definition) is 6. The molecule has 126 valence electrons. The lowest BCUT2D eigenvalue weighted by Crippen LogP contribution is -2.15. The second kappa shape index (κ2) is 7.48. The summed E-state index contributed by atoms with van der Waals surface area (Å²) >= 11 is 1.45. The van der Waals surface area contributed by atoms with Crippen molar-refractivity contribution in [2.24, 2.45) is 0 Å². The Morgan fingerprint density at radius 2 is 2.12 bits per heavy atom. The average molecular weight is 344 g/mol. The predicted molar refractivity (Wildman–Crippen MR) is 94.0 cm³/mol. The van der Waals surface area contributed by atoms with E-state index in [1.165, 1.54) is 11.3 Å². The van der Waals surface area contributed by atoms with Gasteiger partial charge in [0.25, 0.3) is 0 Å². The number of para-hydroxylation sites is 1. The molecule has 0 aliphatic rings. The van der Waals surface area contributed by atoms with Gasteiger partial charge in [-0.2, -0.15) is 0 Å². The van der Waals surface area contributed by atoms with Crippen molar-refractivity contribution in [1.82, 2.24) is 25.2 Å². The smallest absolute Gasteiger partial charge is 0.228 e. The van der Waals surface area contributed by atoms with E-state index in [-0.39, 0.29) is 5.91 Å². The molecule has 0 aliphatic carbocycles. The summed E-state index contributed by atoms with van der Waals surface area (Å²) in [6.45, 7) is 4.75. The number of aromatic nitrogens is 5. The van der Waals surface area contributed by atoms with Crippen LogP contribution < -0.4 is 5.32 Å². The maximum absolute atomic E-state index is 12.1. The Morgan fingerprint density at radius 1 is 1.29 bits per heavy atom. The van der Waals surface area contributed by atoms with Crippen molar-refractivity contribution in [1.29, 1.82) is 0 Å². The standard InChI is InChI=1S/C16H20N6OS/c1-3-6-11(2)15-19-20-16(24-15)17-14(23)9-10-22-13-8-5-4-7-12(13)18-21-22/h4-5,7-8,11H,3,6,9-10H2,1-2H3,(H,17,20,23)/t11-/m0/s1. The van der Waals surface area contributed by atoms with Crippen LogP contribution in [0.3, 0.4) is 0 Å². The van der Waals surface area contributed by atoms with E-state index in [1.54, 1.807) is 4.68 Å². The summed E-state index contributed by atoms with van der Waals surface area (Å²) in [6.07, 6.45) is 2.49. The van der Waals surface area contributed by atoms with Gasteiger partial charge in [-0.25, -0.2) is 4.68 Å². The van der Waals surface area contributed by atoms with Crippen LogP contribution in [-0.4, -0.2) is 31.1 Å². The average Bonchev–Trinajstić information content (AvgIpc) is 3.20. The summed E-state index contributed by atoms with van der Waals surface area (Å²) in [5.74, 6) is 0.278. The molecule has 2 heterocycles. The molecule has 1 atom stereocenters. The van der Waals surface area contributed by atoms with Gasteiger partial charge in [-0.05, 0) is 18.6 Å². The van der Waals surface area contributed by atoms with Crippen molar-refractivity contribution in [2.75, 3.05) is 5.32 Å². The fourth-order valence-electron chi connectivity index (χ4n) is 2.51. The van der Waals surface area contributed by atoms with Crippen molar-refractivity contribution < 1.29 is 4.79 Å². The number of carbonyl (C=O) groups excluding carboxylic acids is 1. The number of nitrogens with one attached hydrogen (secondary N) is 1. The summed E-state index contributed by atoms with van der Waals surface area (Å²) in [5, 5.41) is 20.7. The molecule has 24 heavy (non-hydrogen) atoms. The lowest BCUT2D eigenvalue weighted by Gasteiger charge is -2.04. The van der Waals surface area contributed by atoms with Gasteiger partial charge in [0.1, 0.15) is 10.5 Å². The van der Waals surface area contributed by atoms with Gasteiger partial charge >= 0.3 is 0 Å². The van der Waals surface area contributed by atoms with Crippen LogP contribution in [0.2, 0.25) is 0 Å². The number of carbonyl (C=O) groups is 1. The van der Waals surface area contributed by atoms with Gasteiger partial charge in [-0.3, -0.25) is 4.79 Å². The van der Waals surface area contributed by atoms with Crippen LogP contribution in [0.5, 0.6) is 0 Å². The Hall–Kier alpha value is -2.35. The first-order valence-electron chi connectivity index (χ1n) is 8.09. The molecule has 1 aromatic carbocycles. The molecule has 0 spiro atoms. The van der Waals surface area contributed by atoms with E-state index < -0.39 is 0 Å². The van der Waals surface area contributed by atoms with Crippen LogP contribution in [0.15, 0.2) is 24.3 Å². The topological polar surface area (TPSA) is 85.6 Å². The Morgan fingerprint density at radius 3 is 2.96 bits per heavy atom. The summed E-state index contributed by atoms with van der Waals surface area (Å²) in [6, 6.07) is 7.70. The van der Waals surface area contributed by atoms with E-state index in [0.717, 1.165) is 28.9 Å². The third-order valence-corrected chi connectivity index (χ3v) is 4.87. The maximum atomic E-state index is 12.1. The fraction of sp³-hybridized carbons (Fsp3) is 0.438. The summed E-state index contributed by atoms with van der Waals surface area (Å²) < 4.78 is 1.74. The van der Waals surface area contributed by atoms with Gasteiger partial charge in [-0.1, -0.05) is 49.0 Å². The molecule has 0 bridgehead atoms. The number of nitrogens with zero attached hydrogens (tertiary/aromatic N) is 5. The maximum Gasteiger partial charge on any atom is 0.228 e. The van der Waals surface area contributed by atoms with Gasteiger partial charge in [0.2, 0.25) is 11.0 Å². The highest BCUT2D eigenvalue weighted by Crippen LogP contribution is 2.26. The summed E-state index contributed by atoms with van der Waals surface area (Å²) in [5.41, 5.74) is 1.76. The lowest BCUT2D eigenvalue weighted by molar-refractivity contribution is -0.116. The number of amides is 1. The molecule has 0 aliphatic heterocycles.